The van der Waals surface area contributed by atoms with Gasteiger partial charge in [-0.3, -0.25) is 9.59 Å². The number of hydrogen-bond acceptors (Lipinski definition) is 4. The van der Waals surface area contributed by atoms with E-state index in [-0.39, 0.29) is 5.69 Å². The summed E-state index contributed by atoms with van der Waals surface area (Å²) >= 11 is 3.48. The third kappa shape index (κ3) is 6.98. The van der Waals surface area contributed by atoms with E-state index in [0.717, 1.165) is 10.0 Å². The first-order chi connectivity index (χ1) is 15.8. The Kier molecular flexibility index (Phi) is 8.32. The normalized spacial score (nSPS) is 11.8. The van der Waals surface area contributed by atoms with Gasteiger partial charge in [-0.1, -0.05) is 42.0 Å². The van der Waals surface area contributed by atoms with Gasteiger partial charge in [0.1, 0.15) is 24.1 Å². The van der Waals surface area contributed by atoms with Crippen molar-refractivity contribution in [2.45, 2.75) is 20.5 Å². The van der Waals surface area contributed by atoms with Crippen LogP contribution in [-0.4, -0.2) is 18.0 Å². The number of amides is 2. The van der Waals surface area contributed by atoms with Crippen LogP contribution in [-0.2, 0) is 16.2 Å². The van der Waals surface area contributed by atoms with Crippen molar-refractivity contribution < 1.29 is 18.7 Å². The van der Waals surface area contributed by atoms with E-state index in [9.17, 15) is 14.0 Å². The van der Waals surface area contributed by atoms with E-state index >= 15 is 0 Å². The average molecular weight is 512 g/mol. The largest absolute Gasteiger partial charge is 0.488 e. The van der Waals surface area contributed by atoms with E-state index in [1.54, 1.807) is 24.3 Å². The van der Waals surface area contributed by atoms with Crippen LogP contribution < -0.4 is 15.5 Å². The van der Waals surface area contributed by atoms with Gasteiger partial charge in [0.25, 0.3) is 5.91 Å². The summed E-state index contributed by atoms with van der Waals surface area (Å²) in [6, 6.07) is 19.2. The molecule has 0 heterocycles. The Balaban J connectivity index is 1.52. The molecule has 0 aliphatic rings. The zero-order chi connectivity index (χ0) is 23.8. The fourth-order valence-electron chi connectivity index (χ4n) is 2.75. The predicted molar refractivity (Wildman–Crippen MR) is 130 cm³/mol. The van der Waals surface area contributed by atoms with E-state index in [2.05, 4.69) is 31.8 Å². The van der Waals surface area contributed by atoms with Gasteiger partial charge < -0.3 is 10.1 Å². The van der Waals surface area contributed by atoms with Gasteiger partial charge in [0.2, 0.25) is 5.91 Å². The summed E-state index contributed by atoms with van der Waals surface area (Å²) in [6.07, 6.45) is 1.45. The molecular weight excluding hydrogens is 489 g/mol. The Morgan fingerprint density at radius 2 is 1.82 bits per heavy atom. The summed E-state index contributed by atoms with van der Waals surface area (Å²) in [6.45, 7) is 3.89. The maximum atomic E-state index is 13.7. The van der Waals surface area contributed by atoms with Crippen LogP contribution in [0.3, 0.4) is 0 Å². The molecule has 33 heavy (non-hydrogen) atoms. The Hall–Kier alpha value is -3.52. The summed E-state index contributed by atoms with van der Waals surface area (Å²) in [4.78, 5) is 24.4. The third-order valence-corrected chi connectivity index (χ3v) is 5.40. The van der Waals surface area contributed by atoms with Gasteiger partial charge in [-0.15, -0.1) is 0 Å². The second-order valence-corrected chi connectivity index (χ2v) is 8.24. The number of rotatable bonds is 8. The van der Waals surface area contributed by atoms with Gasteiger partial charge in [0.05, 0.1) is 16.4 Å². The van der Waals surface area contributed by atoms with Gasteiger partial charge >= 0.3 is 0 Å². The van der Waals surface area contributed by atoms with Gasteiger partial charge in [-0.25, -0.2) is 9.82 Å². The number of carbonyl (C=O) groups is 2. The Morgan fingerprint density at radius 1 is 1.09 bits per heavy atom. The van der Waals surface area contributed by atoms with Crippen LogP contribution in [0.5, 0.6) is 5.75 Å². The molecule has 3 aromatic carbocycles. The van der Waals surface area contributed by atoms with Gasteiger partial charge in [0, 0.05) is 0 Å². The number of nitrogens with one attached hydrogen (secondary N) is 2. The second-order valence-electron chi connectivity index (χ2n) is 7.39. The minimum absolute atomic E-state index is 0.0141. The highest BCUT2D eigenvalue weighted by Crippen LogP contribution is 2.26. The zero-order valence-electron chi connectivity index (χ0n) is 18.1. The van der Waals surface area contributed by atoms with E-state index in [0.29, 0.717) is 17.9 Å². The van der Waals surface area contributed by atoms with Crippen LogP contribution in [0, 0.1) is 18.7 Å². The lowest BCUT2D eigenvalue weighted by Gasteiger charge is -2.11. The monoisotopic (exact) mass is 511 g/mol. The first-order valence-corrected chi connectivity index (χ1v) is 11.0. The molecule has 8 heteroatoms. The molecule has 0 spiro atoms. The number of para-hydroxylation sites is 1. The van der Waals surface area contributed by atoms with Crippen molar-refractivity contribution in [3.05, 3.63) is 93.7 Å². The summed E-state index contributed by atoms with van der Waals surface area (Å²) in [7, 11) is 0. The van der Waals surface area contributed by atoms with E-state index in [1.165, 1.54) is 36.9 Å². The number of anilines is 1. The lowest BCUT2D eigenvalue weighted by atomic mass is 10.1. The molecule has 1 unspecified atom stereocenters. The molecule has 170 valence electrons. The highest BCUT2D eigenvalue weighted by atomic mass is 79.9. The summed E-state index contributed by atoms with van der Waals surface area (Å²) < 4.78 is 20.2. The summed E-state index contributed by atoms with van der Waals surface area (Å²) in [5.41, 5.74) is 5.31. The molecule has 0 aliphatic carbocycles. The van der Waals surface area contributed by atoms with Crippen LogP contribution in [0.4, 0.5) is 10.1 Å². The first kappa shape index (κ1) is 24.1. The topological polar surface area (TPSA) is 79.8 Å². The first-order valence-electron chi connectivity index (χ1n) is 10.2. The number of carbonyl (C=O) groups excluding carboxylic acids is 2. The van der Waals surface area contributed by atoms with Crippen molar-refractivity contribution in [2.24, 2.45) is 11.0 Å². The highest BCUT2D eigenvalue weighted by molar-refractivity contribution is 9.10. The van der Waals surface area contributed by atoms with Crippen molar-refractivity contribution >= 4 is 39.6 Å². The van der Waals surface area contributed by atoms with Crippen molar-refractivity contribution in [1.82, 2.24) is 5.43 Å². The quantitative estimate of drug-likeness (QED) is 0.247. The molecule has 3 aromatic rings. The molecule has 0 saturated carbocycles. The molecule has 0 saturated heterocycles. The molecular formula is C25H23BrFN3O3. The molecule has 6 nitrogen and oxygen atoms in total. The third-order valence-electron chi connectivity index (χ3n) is 4.78. The molecule has 2 N–H and O–H groups in total. The van der Waals surface area contributed by atoms with Crippen molar-refractivity contribution in [3.8, 4) is 5.75 Å². The van der Waals surface area contributed by atoms with Gasteiger partial charge in [-0.2, -0.15) is 5.10 Å². The fraction of sp³-hybridized carbons (Fsp3) is 0.160. The van der Waals surface area contributed by atoms with Crippen molar-refractivity contribution in [3.63, 3.8) is 0 Å². The molecule has 0 aliphatic heterocycles. The fourth-order valence-corrected chi connectivity index (χ4v) is 3.26. The number of hydrogen-bond donors (Lipinski definition) is 2. The minimum Gasteiger partial charge on any atom is -0.488 e. The number of halogens is 2. The van der Waals surface area contributed by atoms with Gasteiger partial charge in [0.15, 0.2) is 0 Å². The number of hydrazone groups is 1. The lowest BCUT2D eigenvalue weighted by Crippen LogP contribution is -2.34. The smallest absolute Gasteiger partial charge is 0.252 e. The number of ether oxygens (including phenoxy) is 1. The standard InChI is InChI=1S/C25H23BrFN3O3/c1-16-7-9-18(10-8-16)15-33-23-12-11-19(13-20(23)26)14-28-30-25(32)17(2)24(31)29-22-6-4-3-5-21(22)27/h3-14,17H,15H2,1-2H3,(H,29,31)(H,30,32). The van der Waals surface area contributed by atoms with E-state index in [1.807, 2.05) is 31.2 Å². The zero-order valence-corrected chi connectivity index (χ0v) is 19.7. The van der Waals surface area contributed by atoms with Crippen LogP contribution in [0.2, 0.25) is 0 Å². The average Bonchev–Trinajstić information content (AvgIpc) is 2.80. The van der Waals surface area contributed by atoms with Gasteiger partial charge in [-0.05, 0) is 71.2 Å². The predicted octanol–water partition coefficient (Wildman–Crippen LogP) is 5.20. The summed E-state index contributed by atoms with van der Waals surface area (Å²) in [5.74, 6) is -2.21. The Labute approximate surface area is 200 Å². The molecule has 1 atom stereocenters. The number of aryl methyl sites for hydroxylation is 1. The van der Waals surface area contributed by atoms with E-state index < -0.39 is 23.5 Å². The van der Waals surface area contributed by atoms with Crippen molar-refractivity contribution in [1.29, 1.82) is 0 Å². The SMILES string of the molecule is Cc1ccc(COc2ccc(C=NNC(=O)C(C)C(=O)Nc3ccccc3F)cc2Br)cc1. The minimum atomic E-state index is -1.06. The highest BCUT2D eigenvalue weighted by Gasteiger charge is 2.22. The lowest BCUT2D eigenvalue weighted by molar-refractivity contribution is -0.131. The van der Waals surface area contributed by atoms with E-state index in [4.69, 9.17) is 4.74 Å². The van der Waals surface area contributed by atoms with Crippen LogP contribution in [0.15, 0.2) is 76.3 Å². The molecule has 0 fully saturated rings. The maximum Gasteiger partial charge on any atom is 0.252 e. The van der Waals surface area contributed by atoms with Crippen molar-refractivity contribution in [2.75, 3.05) is 5.32 Å². The van der Waals surface area contributed by atoms with Crippen LogP contribution in [0.25, 0.3) is 0 Å². The molecule has 0 radical (unpaired) electrons. The molecule has 2 amide bonds. The Bertz CT molecular complexity index is 1170. The molecule has 3 rings (SSSR count). The maximum absolute atomic E-state index is 13.7. The second kappa shape index (κ2) is 11.4. The molecule has 0 bridgehead atoms. The molecule has 0 aromatic heterocycles. The number of nitrogens with zero attached hydrogens (tertiary/aromatic N) is 1. The van der Waals surface area contributed by atoms with Crippen LogP contribution in [0.1, 0.15) is 23.6 Å². The number of benzene rings is 3. The Morgan fingerprint density at radius 3 is 2.52 bits per heavy atom. The van der Waals surface area contributed by atoms with Crippen LogP contribution >= 0.6 is 15.9 Å². The summed E-state index contributed by atoms with van der Waals surface area (Å²) in [5, 5.41) is 6.29.